The van der Waals surface area contributed by atoms with E-state index < -0.39 is 11.7 Å². The number of carbonyl (C=O) groups excluding carboxylic acids is 1. The number of hydrogen-bond donors (Lipinski definition) is 2. The molecule has 0 radical (unpaired) electrons. The van der Waals surface area contributed by atoms with E-state index in [0.29, 0.717) is 61.0 Å². The van der Waals surface area contributed by atoms with E-state index in [0.717, 1.165) is 29.5 Å². The summed E-state index contributed by atoms with van der Waals surface area (Å²) < 4.78 is 11.5. The zero-order valence-corrected chi connectivity index (χ0v) is 23.5. The zero-order valence-electron chi connectivity index (χ0n) is 22.7. The molecule has 0 spiro atoms. The monoisotopic (exact) mass is 551 g/mol. The highest BCUT2D eigenvalue weighted by Crippen LogP contribution is 2.42. The first-order valence-electron chi connectivity index (χ1n) is 13.6. The molecule has 7 nitrogen and oxygen atoms in total. The molecular weight excluding hydrogens is 514 g/mol. The van der Waals surface area contributed by atoms with Crippen LogP contribution in [-0.4, -0.2) is 60.4 Å². The van der Waals surface area contributed by atoms with Gasteiger partial charge in [0.15, 0.2) is 0 Å². The highest BCUT2D eigenvalue weighted by atomic mass is 35.5. The Balaban J connectivity index is 1.71. The number of nitrogens with two attached hydrogens (primary N) is 1. The zero-order chi connectivity index (χ0) is 27.8. The number of aliphatic hydroxyl groups is 1. The quantitative estimate of drug-likeness (QED) is 0.258. The van der Waals surface area contributed by atoms with E-state index in [1.165, 1.54) is 0 Å². The summed E-state index contributed by atoms with van der Waals surface area (Å²) >= 11 is 6.72. The summed E-state index contributed by atoms with van der Waals surface area (Å²) in [6.45, 7) is 4.11. The van der Waals surface area contributed by atoms with Crippen LogP contribution in [0.4, 0.5) is 0 Å². The Morgan fingerprint density at radius 3 is 2.72 bits per heavy atom. The third-order valence-corrected chi connectivity index (χ3v) is 7.76. The molecule has 0 saturated carbocycles. The lowest BCUT2D eigenvalue weighted by atomic mass is 9.79. The minimum atomic E-state index is -1.42. The molecule has 3 N–H and O–H groups in total. The second kappa shape index (κ2) is 13.5. The summed E-state index contributed by atoms with van der Waals surface area (Å²) in [5, 5.41) is 12.9. The minimum Gasteiger partial charge on any atom is -0.385 e. The van der Waals surface area contributed by atoms with Crippen LogP contribution in [-0.2, 0) is 28.0 Å². The average Bonchev–Trinajstić information content (AvgIpc) is 2.98. The van der Waals surface area contributed by atoms with Crippen molar-refractivity contribution in [3.8, 4) is 11.1 Å². The van der Waals surface area contributed by atoms with Crippen LogP contribution >= 0.6 is 11.6 Å². The summed E-state index contributed by atoms with van der Waals surface area (Å²) in [7, 11) is 1.67. The Hall–Kier alpha value is -2.81. The Kier molecular flexibility index (Phi) is 10.1. The predicted octanol–water partition coefficient (Wildman–Crippen LogP) is 4.97. The Morgan fingerprint density at radius 1 is 1.21 bits per heavy atom. The number of benzene rings is 2. The van der Waals surface area contributed by atoms with E-state index in [2.05, 4.69) is 24.0 Å². The number of unbranched alkanes of at least 4 members (excludes halogenated alkanes) is 1. The fraction of sp³-hybridized carbons (Fsp3) is 0.419. The fourth-order valence-corrected chi connectivity index (χ4v) is 5.48. The molecule has 2 aromatic carbocycles. The van der Waals surface area contributed by atoms with Gasteiger partial charge in [-0.3, -0.25) is 4.79 Å². The Bertz CT molecular complexity index is 1250. The van der Waals surface area contributed by atoms with Gasteiger partial charge in [-0.2, -0.15) is 0 Å². The molecule has 1 amide bonds. The van der Waals surface area contributed by atoms with Crippen molar-refractivity contribution >= 4 is 17.5 Å². The van der Waals surface area contributed by atoms with Crippen molar-refractivity contribution in [3.63, 3.8) is 0 Å². The van der Waals surface area contributed by atoms with Gasteiger partial charge in [0, 0.05) is 44.1 Å². The second-order valence-corrected chi connectivity index (χ2v) is 10.3. The van der Waals surface area contributed by atoms with Gasteiger partial charge < -0.3 is 25.2 Å². The number of ether oxygens (including phenoxy) is 2. The lowest BCUT2D eigenvalue weighted by Crippen LogP contribution is -2.54. The van der Waals surface area contributed by atoms with Crippen LogP contribution in [0.15, 0.2) is 60.8 Å². The number of rotatable bonds is 11. The molecule has 8 heteroatoms. The number of hydrogen-bond acceptors (Lipinski definition) is 6. The molecule has 2 heterocycles. The maximum Gasteiger partial charge on any atom is 0.254 e. The number of pyridine rings is 1. The predicted molar refractivity (Wildman–Crippen MR) is 154 cm³/mol. The molecule has 39 heavy (non-hydrogen) atoms. The molecule has 1 aliphatic rings. The van der Waals surface area contributed by atoms with Crippen LogP contribution in [0.25, 0.3) is 11.1 Å². The molecule has 1 fully saturated rings. The van der Waals surface area contributed by atoms with Gasteiger partial charge in [-0.05, 0) is 66.1 Å². The lowest BCUT2D eigenvalue weighted by Gasteiger charge is -2.43. The van der Waals surface area contributed by atoms with Gasteiger partial charge >= 0.3 is 0 Å². The van der Waals surface area contributed by atoms with Crippen LogP contribution in [0.5, 0.6) is 0 Å². The SMILES string of the molecule is CCc1cccc(-c2c([C@](O)(CCCCOC)[C@H]3CN(C(=O)c4ccc(CN)cc4)CCO3)ccnc2Cl)c1. The van der Waals surface area contributed by atoms with Gasteiger partial charge in [0.2, 0.25) is 0 Å². The van der Waals surface area contributed by atoms with Crippen molar-refractivity contribution in [1.29, 1.82) is 0 Å². The number of nitrogens with zero attached hydrogens (tertiary/aromatic N) is 2. The van der Waals surface area contributed by atoms with Gasteiger partial charge in [-0.1, -0.05) is 54.9 Å². The maximum absolute atomic E-state index is 13.4. The normalized spacial score (nSPS) is 17.2. The molecule has 4 rings (SSSR count). The number of halogens is 1. The number of methoxy groups -OCH3 is 1. The van der Waals surface area contributed by atoms with Crippen molar-refractivity contribution < 1.29 is 19.4 Å². The van der Waals surface area contributed by atoms with Crippen LogP contribution in [0.3, 0.4) is 0 Å². The van der Waals surface area contributed by atoms with E-state index in [1.807, 2.05) is 30.3 Å². The highest BCUT2D eigenvalue weighted by Gasteiger charge is 2.44. The molecule has 1 saturated heterocycles. The van der Waals surface area contributed by atoms with Crippen LogP contribution in [0.1, 0.15) is 53.2 Å². The number of aromatic nitrogens is 1. The van der Waals surface area contributed by atoms with E-state index in [-0.39, 0.29) is 12.5 Å². The van der Waals surface area contributed by atoms with E-state index in [4.69, 9.17) is 26.8 Å². The molecule has 1 aliphatic heterocycles. The molecular formula is C31H38ClN3O4. The highest BCUT2D eigenvalue weighted by molar-refractivity contribution is 6.32. The largest absolute Gasteiger partial charge is 0.385 e. The number of morpholine rings is 1. The van der Waals surface area contributed by atoms with Crippen LogP contribution < -0.4 is 5.73 Å². The summed E-state index contributed by atoms with van der Waals surface area (Å²) in [6.07, 6.45) is 3.73. The molecule has 0 bridgehead atoms. The third-order valence-electron chi connectivity index (χ3n) is 7.47. The lowest BCUT2D eigenvalue weighted by molar-refractivity contribution is -0.146. The smallest absolute Gasteiger partial charge is 0.254 e. The third kappa shape index (κ3) is 6.68. The number of carbonyl (C=O) groups is 1. The van der Waals surface area contributed by atoms with Crippen molar-refractivity contribution in [1.82, 2.24) is 9.88 Å². The minimum absolute atomic E-state index is 0.0998. The maximum atomic E-state index is 13.4. The Morgan fingerprint density at radius 2 is 2.00 bits per heavy atom. The van der Waals surface area contributed by atoms with E-state index in [9.17, 15) is 9.90 Å². The van der Waals surface area contributed by atoms with Crippen LogP contribution in [0.2, 0.25) is 5.15 Å². The van der Waals surface area contributed by atoms with E-state index in [1.54, 1.807) is 30.3 Å². The average molecular weight is 552 g/mol. The fourth-order valence-electron chi connectivity index (χ4n) is 5.22. The summed E-state index contributed by atoms with van der Waals surface area (Å²) in [4.78, 5) is 19.5. The topological polar surface area (TPSA) is 97.9 Å². The Labute approximate surface area is 235 Å². The second-order valence-electron chi connectivity index (χ2n) is 9.96. The van der Waals surface area contributed by atoms with Gasteiger partial charge in [0.1, 0.15) is 16.9 Å². The van der Waals surface area contributed by atoms with Gasteiger partial charge in [0.25, 0.3) is 5.91 Å². The first-order chi connectivity index (χ1) is 18.9. The first kappa shape index (κ1) is 29.2. The van der Waals surface area contributed by atoms with Crippen molar-refractivity contribution in [2.24, 2.45) is 5.73 Å². The molecule has 0 unspecified atom stereocenters. The van der Waals surface area contributed by atoms with Crippen molar-refractivity contribution in [2.45, 2.75) is 50.9 Å². The summed E-state index contributed by atoms with van der Waals surface area (Å²) in [5.41, 5.74) is 9.24. The standard InChI is InChI=1S/C31H38ClN3O4/c1-3-22-7-6-8-25(19-22)28-26(13-15-34-29(28)32)31(37,14-4-5-17-38-2)27-21-35(16-18-39-27)30(36)24-11-9-23(20-33)10-12-24/h6-13,15,19,27,37H,3-5,14,16-18,20-21,33H2,1-2H3/t27-,31-/m1/s1. The summed E-state index contributed by atoms with van der Waals surface area (Å²) in [6, 6.07) is 17.3. The van der Waals surface area contributed by atoms with Crippen molar-refractivity contribution in [2.75, 3.05) is 33.4 Å². The number of amides is 1. The van der Waals surface area contributed by atoms with Crippen LogP contribution in [0, 0.1) is 0 Å². The van der Waals surface area contributed by atoms with Gasteiger partial charge in [-0.25, -0.2) is 4.98 Å². The first-order valence-corrected chi connectivity index (χ1v) is 13.9. The molecule has 3 aromatic rings. The van der Waals surface area contributed by atoms with Gasteiger partial charge in [-0.15, -0.1) is 0 Å². The van der Waals surface area contributed by atoms with Crippen molar-refractivity contribution in [3.05, 3.63) is 88.2 Å². The molecule has 1 aromatic heterocycles. The molecule has 2 atom stereocenters. The molecule has 0 aliphatic carbocycles. The summed E-state index contributed by atoms with van der Waals surface area (Å²) in [5.74, 6) is -0.0998. The molecule has 208 valence electrons. The van der Waals surface area contributed by atoms with Gasteiger partial charge in [0.05, 0.1) is 13.2 Å². The number of aryl methyl sites for hydroxylation is 1. The van der Waals surface area contributed by atoms with E-state index >= 15 is 0 Å².